The van der Waals surface area contributed by atoms with Crippen LogP contribution >= 0.6 is 0 Å². The maximum Gasteiger partial charge on any atom is 0.127 e. The normalized spacial score (nSPS) is 11.2. The van der Waals surface area contributed by atoms with Gasteiger partial charge in [0.15, 0.2) is 0 Å². The van der Waals surface area contributed by atoms with Gasteiger partial charge in [-0.25, -0.2) is 9.97 Å². The maximum atomic E-state index is 5.72. The number of hydrogen-bond acceptors (Lipinski definition) is 3. The zero-order chi connectivity index (χ0) is 20.7. The molecule has 0 bridgehead atoms. The molecule has 0 N–H and O–H groups in total. The van der Waals surface area contributed by atoms with Gasteiger partial charge in [0.2, 0.25) is 0 Å². The van der Waals surface area contributed by atoms with Crippen LogP contribution in [0.25, 0.3) is 44.3 Å². The molecular weight excluding hydrogens is 368 g/mol. The standard InChI is InChI=1S/C27H22N2O/c1-17-9-8-10-18(2)25(17)27-26(28-22-13-6-7-14-23(22)29-27)20-15-19-11-4-5-12-21(19)24(16-20)30-3/h4-16H,1-3H3. The molecular formula is C27H22N2O. The van der Waals surface area contributed by atoms with Crippen LogP contribution in [0.5, 0.6) is 5.75 Å². The Morgan fingerprint density at radius 1 is 0.667 bits per heavy atom. The SMILES string of the molecule is COc1cc(-c2nc3ccccc3nc2-c2c(C)cccc2C)cc2ccccc12. The summed E-state index contributed by atoms with van der Waals surface area (Å²) in [4.78, 5) is 10.1. The zero-order valence-corrected chi connectivity index (χ0v) is 17.3. The predicted octanol–water partition coefficient (Wildman–Crippen LogP) is 6.74. The second kappa shape index (κ2) is 7.27. The highest BCUT2D eigenvalue weighted by Crippen LogP contribution is 2.38. The molecule has 0 radical (unpaired) electrons. The Hall–Kier alpha value is -3.72. The van der Waals surface area contributed by atoms with Crippen molar-refractivity contribution in [1.29, 1.82) is 0 Å². The van der Waals surface area contributed by atoms with Crippen molar-refractivity contribution in [2.75, 3.05) is 7.11 Å². The first-order chi connectivity index (χ1) is 14.7. The summed E-state index contributed by atoms with van der Waals surface area (Å²) in [7, 11) is 1.71. The van der Waals surface area contributed by atoms with Gasteiger partial charge in [0.25, 0.3) is 0 Å². The topological polar surface area (TPSA) is 35.0 Å². The summed E-state index contributed by atoms with van der Waals surface area (Å²) in [5, 5.41) is 2.21. The van der Waals surface area contributed by atoms with Crippen LogP contribution in [0, 0.1) is 13.8 Å². The molecule has 0 aliphatic carbocycles. The van der Waals surface area contributed by atoms with E-state index in [4.69, 9.17) is 14.7 Å². The fourth-order valence-electron chi connectivity index (χ4n) is 4.14. The second-order valence-corrected chi connectivity index (χ2v) is 7.58. The van der Waals surface area contributed by atoms with Gasteiger partial charge in [0.05, 0.1) is 29.5 Å². The molecule has 0 aliphatic heterocycles. The summed E-state index contributed by atoms with van der Waals surface area (Å²) >= 11 is 0. The molecule has 30 heavy (non-hydrogen) atoms. The number of ether oxygens (including phenoxy) is 1. The highest BCUT2D eigenvalue weighted by molar-refractivity contribution is 5.95. The molecule has 3 nitrogen and oxygen atoms in total. The summed E-state index contributed by atoms with van der Waals surface area (Å²) in [6, 6.07) is 26.9. The summed E-state index contributed by atoms with van der Waals surface area (Å²) in [5.41, 5.74) is 8.07. The largest absolute Gasteiger partial charge is 0.496 e. The molecule has 5 rings (SSSR count). The Morgan fingerprint density at radius 2 is 1.30 bits per heavy atom. The summed E-state index contributed by atoms with van der Waals surface area (Å²) < 4.78 is 5.72. The van der Waals surface area contributed by atoms with Crippen LogP contribution in [0.1, 0.15) is 11.1 Å². The van der Waals surface area contributed by atoms with Crippen molar-refractivity contribution in [3.05, 3.63) is 90.0 Å². The van der Waals surface area contributed by atoms with E-state index in [-0.39, 0.29) is 0 Å². The Labute approximate surface area is 176 Å². The van der Waals surface area contributed by atoms with Crippen molar-refractivity contribution < 1.29 is 4.74 Å². The average molecular weight is 390 g/mol. The third-order valence-electron chi connectivity index (χ3n) is 5.61. The van der Waals surface area contributed by atoms with Gasteiger partial charge in [0.1, 0.15) is 5.75 Å². The van der Waals surface area contributed by atoms with E-state index in [1.54, 1.807) is 7.11 Å². The summed E-state index contributed by atoms with van der Waals surface area (Å²) in [5.74, 6) is 0.838. The van der Waals surface area contributed by atoms with E-state index in [9.17, 15) is 0 Å². The molecule has 0 saturated carbocycles. The summed E-state index contributed by atoms with van der Waals surface area (Å²) in [6.45, 7) is 4.26. The maximum absolute atomic E-state index is 5.72. The quantitative estimate of drug-likeness (QED) is 0.342. The van der Waals surface area contributed by atoms with Crippen molar-refractivity contribution in [2.45, 2.75) is 13.8 Å². The van der Waals surface area contributed by atoms with Crippen LogP contribution in [0.3, 0.4) is 0 Å². The van der Waals surface area contributed by atoms with Gasteiger partial charge in [-0.05, 0) is 54.6 Å². The Bertz CT molecular complexity index is 1390. The van der Waals surface area contributed by atoms with Gasteiger partial charge in [-0.2, -0.15) is 0 Å². The molecule has 146 valence electrons. The van der Waals surface area contributed by atoms with Gasteiger partial charge in [-0.3, -0.25) is 0 Å². The molecule has 3 heteroatoms. The molecule has 1 aromatic heterocycles. The van der Waals surface area contributed by atoms with E-state index in [1.165, 1.54) is 11.1 Å². The van der Waals surface area contributed by atoms with Gasteiger partial charge >= 0.3 is 0 Å². The van der Waals surface area contributed by atoms with Crippen LogP contribution < -0.4 is 4.74 Å². The third-order valence-corrected chi connectivity index (χ3v) is 5.61. The number of aromatic nitrogens is 2. The molecule has 0 aliphatic rings. The minimum atomic E-state index is 0.838. The molecule has 1 heterocycles. The van der Waals surface area contributed by atoms with Crippen molar-refractivity contribution >= 4 is 21.8 Å². The Morgan fingerprint density at radius 3 is 2.00 bits per heavy atom. The molecule has 0 atom stereocenters. The lowest BCUT2D eigenvalue weighted by Crippen LogP contribution is -1.99. The van der Waals surface area contributed by atoms with Gasteiger partial charge in [-0.1, -0.05) is 54.6 Å². The predicted molar refractivity (Wildman–Crippen MR) is 124 cm³/mol. The summed E-state index contributed by atoms with van der Waals surface area (Å²) in [6.07, 6.45) is 0. The molecule has 4 aromatic carbocycles. The van der Waals surface area contributed by atoms with Crippen LogP contribution in [0.2, 0.25) is 0 Å². The smallest absolute Gasteiger partial charge is 0.127 e. The van der Waals surface area contributed by atoms with E-state index in [2.05, 4.69) is 56.3 Å². The lowest BCUT2D eigenvalue weighted by Gasteiger charge is -2.16. The molecule has 0 unspecified atom stereocenters. The fourth-order valence-corrected chi connectivity index (χ4v) is 4.14. The molecule has 0 saturated heterocycles. The number of hydrogen-bond donors (Lipinski definition) is 0. The lowest BCUT2D eigenvalue weighted by atomic mass is 9.95. The monoisotopic (exact) mass is 390 g/mol. The van der Waals surface area contributed by atoms with Crippen LogP contribution in [0.4, 0.5) is 0 Å². The highest BCUT2D eigenvalue weighted by Gasteiger charge is 2.18. The van der Waals surface area contributed by atoms with E-state index in [0.717, 1.165) is 50.1 Å². The average Bonchev–Trinajstić information content (AvgIpc) is 2.77. The minimum absolute atomic E-state index is 0.838. The van der Waals surface area contributed by atoms with Crippen LogP contribution in [0.15, 0.2) is 78.9 Å². The minimum Gasteiger partial charge on any atom is -0.496 e. The number of fused-ring (bicyclic) bond motifs is 2. The first-order valence-corrected chi connectivity index (χ1v) is 10.1. The number of aryl methyl sites for hydroxylation is 2. The van der Waals surface area contributed by atoms with Crippen molar-refractivity contribution in [1.82, 2.24) is 9.97 Å². The number of benzene rings is 4. The van der Waals surface area contributed by atoms with Crippen molar-refractivity contribution in [3.8, 4) is 28.3 Å². The Balaban J connectivity index is 1.88. The van der Waals surface area contributed by atoms with E-state index in [0.29, 0.717) is 0 Å². The molecule has 0 spiro atoms. The molecule has 0 amide bonds. The Kier molecular flexibility index (Phi) is 4.44. The second-order valence-electron chi connectivity index (χ2n) is 7.58. The molecule has 0 fully saturated rings. The zero-order valence-electron chi connectivity index (χ0n) is 17.3. The van der Waals surface area contributed by atoms with Crippen LogP contribution in [-0.4, -0.2) is 17.1 Å². The van der Waals surface area contributed by atoms with E-state index < -0.39 is 0 Å². The number of rotatable bonds is 3. The van der Waals surface area contributed by atoms with Crippen LogP contribution in [-0.2, 0) is 0 Å². The first-order valence-electron chi connectivity index (χ1n) is 10.1. The van der Waals surface area contributed by atoms with Gasteiger partial charge in [-0.15, -0.1) is 0 Å². The van der Waals surface area contributed by atoms with Gasteiger partial charge in [0, 0.05) is 16.5 Å². The molecule has 5 aromatic rings. The number of methoxy groups -OCH3 is 1. The van der Waals surface area contributed by atoms with Crippen molar-refractivity contribution in [3.63, 3.8) is 0 Å². The van der Waals surface area contributed by atoms with E-state index in [1.807, 2.05) is 36.4 Å². The third kappa shape index (κ3) is 3.00. The number of nitrogens with zero attached hydrogens (tertiary/aromatic N) is 2. The fraction of sp³-hybridized carbons (Fsp3) is 0.111. The van der Waals surface area contributed by atoms with E-state index >= 15 is 0 Å². The first kappa shape index (κ1) is 18.3. The lowest BCUT2D eigenvalue weighted by molar-refractivity contribution is 0.420. The van der Waals surface area contributed by atoms with Crippen molar-refractivity contribution in [2.24, 2.45) is 0 Å². The van der Waals surface area contributed by atoms with Gasteiger partial charge < -0.3 is 4.74 Å². The highest BCUT2D eigenvalue weighted by atomic mass is 16.5. The number of para-hydroxylation sites is 2.